The second kappa shape index (κ2) is 8.39. The normalized spacial score (nSPS) is 19.7. The number of allylic oxidation sites excluding steroid dienone is 1. The lowest BCUT2D eigenvalue weighted by Crippen LogP contribution is -2.22. The van der Waals surface area contributed by atoms with Gasteiger partial charge in [0.25, 0.3) is 0 Å². The van der Waals surface area contributed by atoms with Crippen LogP contribution in [0.4, 0.5) is 14.5 Å². The van der Waals surface area contributed by atoms with Gasteiger partial charge in [0.1, 0.15) is 23.4 Å². The summed E-state index contributed by atoms with van der Waals surface area (Å²) in [5.41, 5.74) is 1.01. The number of hydrogen-bond acceptors (Lipinski definition) is 4. The minimum absolute atomic E-state index is 0.0121. The van der Waals surface area contributed by atoms with Crippen LogP contribution in [-0.2, 0) is 0 Å². The molecule has 2 heterocycles. The Morgan fingerprint density at radius 1 is 1.21 bits per heavy atom. The third kappa shape index (κ3) is 4.36. The third-order valence-corrected chi connectivity index (χ3v) is 5.81. The molecule has 29 heavy (non-hydrogen) atoms. The van der Waals surface area contributed by atoms with E-state index in [9.17, 15) is 13.9 Å². The van der Waals surface area contributed by atoms with Gasteiger partial charge in [-0.2, -0.15) is 0 Å². The number of pyridine rings is 1. The van der Waals surface area contributed by atoms with Gasteiger partial charge in [-0.3, -0.25) is 0 Å². The fraction of sp³-hybridized carbons (Fsp3) is 0.435. The summed E-state index contributed by atoms with van der Waals surface area (Å²) in [6.07, 6.45) is 7.19. The lowest BCUT2D eigenvalue weighted by molar-refractivity contribution is 0.202. The van der Waals surface area contributed by atoms with E-state index in [1.165, 1.54) is 12.1 Å². The quantitative estimate of drug-likeness (QED) is 0.638. The maximum absolute atomic E-state index is 15.0. The molecule has 0 bridgehead atoms. The van der Waals surface area contributed by atoms with Crippen LogP contribution < -0.4 is 9.64 Å². The number of anilines is 1. The predicted octanol–water partition coefficient (Wildman–Crippen LogP) is 5.64. The Balaban J connectivity index is 1.59. The molecule has 1 aliphatic carbocycles. The number of aliphatic hydroxyl groups is 1. The van der Waals surface area contributed by atoms with E-state index in [0.29, 0.717) is 36.5 Å². The van der Waals surface area contributed by atoms with E-state index in [1.54, 1.807) is 23.2 Å². The summed E-state index contributed by atoms with van der Waals surface area (Å²) < 4.78 is 36.0. The van der Waals surface area contributed by atoms with Gasteiger partial charge in [0.2, 0.25) is 5.88 Å². The highest BCUT2D eigenvalue weighted by Crippen LogP contribution is 2.37. The van der Waals surface area contributed by atoms with Crippen molar-refractivity contribution < 1.29 is 18.6 Å². The number of rotatable bonds is 6. The second-order valence-corrected chi connectivity index (χ2v) is 8.04. The van der Waals surface area contributed by atoms with Gasteiger partial charge in [0.15, 0.2) is 0 Å². The van der Waals surface area contributed by atoms with Crippen molar-refractivity contribution in [3.8, 4) is 17.0 Å². The average Bonchev–Trinajstić information content (AvgIpc) is 3.33. The molecule has 4 rings (SSSR count). The zero-order valence-electron chi connectivity index (χ0n) is 16.4. The molecule has 1 aromatic heterocycles. The first kappa shape index (κ1) is 19.7. The minimum atomic E-state index is -0.598. The smallest absolute Gasteiger partial charge is 0.221 e. The maximum Gasteiger partial charge on any atom is 0.221 e. The average molecular weight is 400 g/mol. The second-order valence-electron chi connectivity index (χ2n) is 8.04. The van der Waals surface area contributed by atoms with Crippen LogP contribution in [0.25, 0.3) is 11.1 Å². The number of halogens is 2. The summed E-state index contributed by atoms with van der Waals surface area (Å²) in [5, 5.41) is 9.39. The number of benzene rings is 1. The van der Waals surface area contributed by atoms with Gasteiger partial charge in [0.05, 0.1) is 5.76 Å². The highest BCUT2D eigenvalue weighted by atomic mass is 19.1. The van der Waals surface area contributed by atoms with Crippen molar-refractivity contribution in [2.75, 3.05) is 18.0 Å². The molecule has 154 valence electrons. The Bertz CT molecular complexity index is 873. The summed E-state index contributed by atoms with van der Waals surface area (Å²) in [7, 11) is 0. The van der Waals surface area contributed by atoms with E-state index in [1.807, 2.05) is 0 Å². The van der Waals surface area contributed by atoms with Gasteiger partial charge in [-0.15, -0.1) is 0 Å². The molecular formula is C23H26F2N2O2. The fourth-order valence-electron chi connectivity index (χ4n) is 4.43. The number of aliphatic hydroxyl groups excluding tert-OH is 1. The molecular weight excluding hydrogens is 374 g/mol. The molecule has 2 fully saturated rings. The first-order valence-corrected chi connectivity index (χ1v) is 10.2. The lowest BCUT2D eigenvalue weighted by atomic mass is 10.0. The van der Waals surface area contributed by atoms with Gasteiger partial charge in [-0.1, -0.05) is 6.58 Å². The summed E-state index contributed by atoms with van der Waals surface area (Å²) >= 11 is 0. The molecule has 1 N–H and O–H groups in total. The van der Waals surface area contributed by atoms with Crippen LogP contribution in [0.5, 0.6) is 5.88 Å². The van der Waals surface area contributed by atoms with Gasteiger partial charge >= 0.3 is 0 Å². The number of nitrogens with zero attached hydrogens (tertiary/aromatic N) is 2. The van der Waals surface area contributed by atoms with Crippen LogP contribution in [0.15, 0.2) is 42.8 Å². The van der Waals surface area contributed by atoms with Crippen molar-refractivity contribution >= 4 is 5.69 Å². The highest BCUT2D eigenvalue weighted by Gasteiger charge is 2.28. The van der Waals surface area contributed by atoms with Crippen LogP contribution in [0, 0.1) is 17.6 Å². The summed E-state index contributed by atoms with van der Waals surface area (Å²) in [4.78, 5) is 6.02. The molecule has 0 amide bonds. The summed E-state index contributed by atoms with van der Waals surface area (Å²) in [6.45, 7) is 4.56. The lowest BCUT2D eigenvalue weighted by Gasteiger charge is -2.21. The van der Waals surface area contributed by atoms with Crippen molar-refractivity contribution in [1.82, 2.24) is 4.98 Å². The van der Waals surface area contributed by atoms with Crippen molar-refractivity contribution in [1.29, 1.82) is 0 Å². The molecule has 1 aromatic carbocycles. The van der Waals surface area contributed by atoms with Crippen molar-refractivity contribution in [3.05, 3.63) is 54.4 Å². The van der Waals surface area contributed by atoms with E-state index < -0.39 is 11.6 Å². The molecule has 1 aliphatic heterocycles. The van der Waals surface area contributed by atoms with Gasteiger partial charge in [-0.05, 0) is 67.9 Å². The van der Waals surface area contributed by atoms with Gasteiger partial charge in [0, 0.05) is 31.3 Å². The van der Waals surface area contributed by atoms with Gasteiger partial charge < -0.3 is 14.7 Å². The first-order chi connectivity index (χ1) is 14.0. The van der Waals surface area contributed by atoms with Crippen LogP contribution in [0.1, 0.15) is 38.5 Å². The van der Waals surface area contributed by atoms with Crippen LogP contribution in [-0.4, -0.2) is 29.3 Å². The Labute approximate surface area is 169 Å². The maximum atomic E-state index is 15.0. The van der Waals surface area contributed by atoms with Gasteiger partial charge in [-0.25, -0.2) is 13.8 Å². The van der Waals surface area contributed by atoms with Crippen molar-refractivity contribution in [2.24, 2.45) is 5.92 Å². The third-order valence-electron chi connectivity index (χ3n) is 5.81. The molecule has 4 nitrogen and oxygen atoms in total. The van der Waals surface area contributed by atoms with Crippen LogP contribution in [0.3, 0.4) is 0 Å². The number of aromatic nitrogens is 1. The summed E-state index contributed by atoms with van der Waals surface area (Å²) in [6, 6.07) is 6.24. The summed E-state index contributed by atoms with van der Waals surface area (Å²) in [5.74, 6) is -0.512. The molecule has 2 aliphatic rings. The van der Waals surface area contributed by atoms with Crippen molar-refractivity contribution in [3.63, 3.8) is 0 Å². The van der Waals surface area contributed by atoms with Crippen LogP contribution >= 0.6 is 0 Å². The molecule has 6 heteroatoms. The predicted molar refractivity (Wildman–Crippen MR) is 109 cm³/mol. The molecule has 1 saturated carbocycles. The Morgan fingerprint density at radius 2 is 1.93 bits per heavy atom. The first-order valence-electron chi connectivity index (χ1n) is 10.2. The molecule has 0 radical (unpaired) electrons. The van der Waals surface area contributed by atoms with E-state index in [2.05, 4.69) is 11.6 Å². The topological polar surface area (TPSA) is 45.6 Å². The largest absolute Gasteiger partial charge is 0.513 e. The number of hydrogen-bond donors (Lipinski definition) is 1. The molecule has 2 aromatic rings. The standard InChI is InChI=1S/C23H26F2N2O2/c1-15(28)11-16-8-10-27(14-16)22-20(24)12-17(13-21(22)25)19-7-4-9-26-23(19)29-18-5-2-3-6-18/h4,7,9,12-13,16,18,28H,1-3,5-6,8,10-11,14H2/t16-/m0/s1. The molecule has 1 saturated heterocycles. The highest BCUT2D eigenvalue weighted by molar-refractivity contribution is 5.71. The number of ether oxygens (including phenoxy) is 1. The van der Waals surface area contributed by atoms with E-state index >= 15 is 0 Å². The monoisotopic (exact) mass is 400 g/mol. The zero-order valence-corrected chi connectivity index (χ0v) is 16.4. The fourth-order valence-corrected chi connectivity index (χ4v) is 4.43. The Morgan fingerprint density at radius 3 is 2.62 bits per heavy atom. The Kier molecular flexibility index (Phi) is 5.69. The minimum Gasteiger partial charge on any atom is -0.513 e. The molecule has 1 atom stereocenters. The van der Waals surface area contributed by atoms with Crippen LogP contribution in [0.2, 0.25) is 0 Å². The van der Waals surface area contributed by atoms with E-state index in [4.69, 9.17) is 4.74 Å². The molecule has 0 spiro atoms. The molecule has 0 unspecified atom stereocenters. The SMILES string of the molecule is C=C(O)C[C@@H]1CCN(c2c(F)cc(-c3cccnc3OC3CCCC3)cc2F)C1. The Hall–Kier alpha value is -2.63. The van der Waals surface area contributed by atoms with E-state index in [-0.39, 0.29) is 23.5 Å². The van der Waals surface area contributed by atoms with E-state index in [0.717, 1.165) is 32.1 Å². The zero-order chi connectivity index (χ0) is 20.4. The van der Waals surface area contributed by atoms with Crippen molar-refractivity contribution in [2.45, 2.75) is 44.6 Å².